The van der Waals surface area contributed by atoms with Gasteiger partial charge in [-0.15, -0.1) is 0 Å². The number of fused-ring (bicyclic) bond motifs is 3. The molecule has 0 amide bonds. The second-order valence-corrected chi connectivity index (χ2v) is 10.4. The summed E-state index contributed by atoms with van der Waals surface area (Å²) in [5.41, 5.74) is -0.568. The minimum Gasteiger partial charge on any atom is -0.389 e. The minimum atomic E-state index is -0.531. The SMILES string of the molecule is CC(C)C1(O)CCC2(C)CC3C4(C)CCC5OC3(CC21)C5(C)O4. The number of hydrogen-bond donors (Lipinski definition) is 1. The summed E-state index contributed by atoms with van der Waals surface area (Å²) in [6.45, 7) is 11.4. The number of rotatable bonds is 1. The van der Waals surface area contributed by atoms with Crippen molar-refractivity contribution in [2.24, 2.45) is 23.2 Å². The van der Waals surface area contributed by atoms with Gasteiger partial charge >= 0.3 is 0 Å². The fraction of sp³-hybridized carbons (Fsp3) is 1.00. The van der Waals surface area contributed by atoms with Crippen molar-refractivity contribution in [3.63, 3.8) is 0 Å². The van der Waals surface area contributed by atoms with E-state index in [0.717, 1.165) is 38.5 Å². The summed E-state index contributed by atoms with van der Waals surface area (Å²) >= 11 is 0. The Labute approximate surface area is 140 Å². The molecule has 0 aromatic carbocycles. The maximum atomic E-state index is 11.5. The molecule has 3 aliphatic heterocycles. The summed E-state index contributed by atoms with van der Waals surface area (Å²) < 4.78 is 13.3. The number of ether oxygens (including phenoxy) is 2. The first-order valence-electron chi connectivity index (χ1n) is 9.70. The molecule has 1 spiro atoms. The van der Waals surface area contributed by atoms with Crippen molar-refractivity contribution in [3.8, 4) is 0 Å². The fourth-order valence-corrected chi connectivity index (χ4v) is 7.64. The zero-order chi connectivity index (χ0) is 16.5. The second-order valence-electron chi connectivity index (χ2n) is 10.4. The molecule has 2 aliphatic carbocycles. The van der Waals surface area contributed by atoms with E-state index < -0.39 is 5.60 Å². The average molecular weight is 320 g/mol. The summed E-state index contributed by atoms with van der Waals surface area (Å²) in [7, 11) is 0. The van der Waals surface area contributed by atoms with E-state index in [4.69, 9.17) is 9.47 Å². The normalized spacial score (nSPS) is 66.1. The lowest BCUT2D eigenvalue weighted by Gasteiger charge is -2.64. The van der Waals surface area contributed by atoms with Crippen molar-refractivity contribution in [2.75, 3.05) is 0 Å². The Morgan fingerprint density at radius 1 is 1.00 bits per heavy atom. The van der Waals surface area contributed by atoms with Crippen LogP contribution >= 0.6 is 0 Å². The van der Waals surface area contributed by atoms with Crippen LogP contribution in [0.2, 0.25) is 0 Å². The Hall–Kier alpha value is -0.120. The van der Waals surface area contributed by atoms with E-state index in [-0.39, 0.29) is 28.3 Å². The van der Waals surface area contributed by atoms with Crippen molar-refractivity contribution in [1.29, 1.82) is 0 Å². The molecule has 0 aromatic heterocycles. The lowest BCUT2D eigenvalue weighted by molar-refractivity contribution is -0.360. The van der Waals surface area contributed by atoms with Crippen LogP contribution < -0.4 is 0 Å². The zero-order valence-corrected chi connectivity index (χ0v) is 15.3. The molecule has 8 atom stereocenters. The summed E-state index contributed by atoms with van der Waals surface area (Å²) in [5, 5.41) is 11.5. The summed E-state index contributed by atoms with van der Waals surface area (Å²) in [6, 6.07) is 0. The Bertz CT molecular complexity index is 575. The molecule has 2 saturated carbocycles. The summed E-state index contributed by atoms with van der Waals surface area (Å²) in [5.74, 6) is 1.15. The van der Waals surface area contributed by atoms with Crippen LogP contribution in [0.1, 0.15) is 73.1 Å². The molecule has 2 bridgehead atoms. The number of aliphatic hydroxyl groups is 1. The van der Waals surface area contributed by atoms with E-state index in [1.165, 1.54) is 0 Å². The molecule has 3 saturated heterocycles. The highest BCUT2D eigenvalue weighted by atomic mass is 16.7. The molecule has 3 heterocycles. The molecule has 1 N–H and O–H groups in total. The van der Waals surface area contributed by atoms with Crippen LogP contribution in [-0.4, -0.2) is 33.6 Å². The standard InChI is InChI=1S/C20H32O3/c1-12(2)19(21)9-8-16(3)10-14-17(4)7-6-15-18(5,23-17)20(14,22-15)11-13(16)19/h12-15,21H,6-11H2,1-5H3. The molecule has 8 unspecified atom stereocenters. The maximum Gasteiger partial charge on any atom is 0.121 e. The van der Waals surface area contributed by atoms with Crippen molar-refractivity contribution in [2.45, 2.75) is 102 Å². The van der Waals surface area contributed by atoms with Gasteiger partial charge in [-0.05, 0) is 69.6 Å². The second kappa shape index (κ2) is 3.83. The van der Waals surface area contributed by atoms with Crippen molar-refractivity contribution in [3.05, 3.63) is 0 Å². The molecule has 130 valence electrons. The van der Waals surface area contributed by atoms with Gasteiger partial charge in [-0.1, -0.05) is 20.8 Å². The third-order valence-corrected chi connectivity index (χ3v) is 9.17. The van der Waals surface area contributed by atoms with Gasteiger partial charge in [-0.3, -0.25) is 0 Å². The maximum absolute atomic E-state index is 11.5. The highest BCUT2D eigenvalue weighted by molar-refractivity contribution is 5.31. The van der Waals surface area contributed by atoms with Crippen LogP contribution in [0.15, 0.2) is 0 Å². The van der Waals surface area contributed by atoms with Gasteiger partial charge in [0, 0.05) is 5.92 Å². The molecule has 5 rings (SSSR count). The van der Waals surface area contributed by atoms with E-state index in [2.05, 4.69) is 34.6 Å². The first-order chi connectivity index (χ1) is 10.6. The van der Waals surface area contributed by atoms with Gasteiger partial charge in [0.1, 0.15) is 11.2 Å². The molecule has 3 heteroatoms. The lowest BCUT2D eigenvalue weighted by Crippen LogP contribution is -2.75. The first-order valence-corrected chi connectivity index (χ1v) is 9.70. The largest absolute Gasteiger partial charge is 0.389 e. The van der Waals surface area contributed by atoms with Crippen LogP contribution in [-0.2, 0) is 9.47 Å². The molecular formula is C20H32O3. The number of hydrogen-bond acceptors (Lipinski definition) is 3. The molecule has 5 fully saturated rings. The highest BCUT2D eigenvalue weighted by Gasteiger charge is 2.83. The van der Waals surface area contributed by atoms with E-state index in [9.17, 15) is 5.11 Å². The van der Waals surface area contributed by atoms with Crippen molar-refractivity contribution >= 4 is 0 Å². The Kier molecular flexibility index (Phi) is 2.53. The van der Waals surface area contributed by atoms with Crippen LogP contribution in [0.5, 0.6) is 0 Å². The van der Waals surface area contributed by atoms with Crippen LogP contribution in [0, 0.1) is 23.2 Å². The van der Waals surface area contributed by atoms with Gasteiger partial charge < -0.3 is 14.6 Å². The third kappa shape index (κ3) is 1.39. The predicted octanol–water partition coefficient (Wildman–Crippen LogP) is 3.68. The highest BCUT2D eigenvalue weighted by Crippen LogP contribution is 2.75. The van der Waals surface area contributed by atoms with Gasteiger partial charge in [-0.2, -0.15) is 0 Å². The topological polar surface area (TPSA) is 38.7 Å². The molecule has 23 heavy (non-hydrogen) atoms. The zero-order valence-electron chi connectivity index (χ0n) is 15.3. The van der Waals surface area contributed by atoms with Gasteiger partial charge in [0.15, 0.2) is 0 Å². The van der Waals surface area contributed by atoms with E-state index in [0.29, 0.717) is 17.8 Å². The van der Waals surface area contributed by atoms with Gasteiger partial charge in [0.05, 0.1) is 17.3 Å². The quantitative estimate of drug-likeness (QED) is 0.801. The van der Waals surface area contributed by atoms with E-state index >= 15 is 0 Å². The van der Waals surface area contributed by atoms with Gasteiger partial charge in [0.25, 0.3) is 0 Å². The van der Waals surface area contributed by atoms with Crippen molar-refractivity contribution in [1.82, 2.24) is 0 Å². The lowest BCUT2D eigenvalue weighted by atomic mass is 9.51. The fourth-order valence-electron chi connectivity index (χ4n) is 7.64. The average Bonchev–Trinajstić information content (AvgIpc) is 2.71. The minimum absolute atomic E-state index is 0.0196. The van der Waals surface area contributed by atoms with Crippen LogP contribution in [0.3, 0.4) is 0 Å². The van der Waals surface area contributed by atoms with E-state index in [1.54, 1.807) is 0 Å². The summed E-state index contributed by atoms with van der Waals surface area (Å²) in [4.78, 5) is 0. The van der Waals surface area contributed by atoms with Gasteiger partial charge in [0.2, 0.25) is 0 Å². The van der Waals surface area contributed by atoms with E-state index in [1.807, 2.05) is 0 Å². The third-order valence-electron chi connectivity index (χ3n) is 9.17. The van der Waals surface area contributed by atoms with Crippen LogP contribution in [0.4, 0.5) is 0 Å². The Balaban J connectivity index is 1.61. The molecule has 0 aromatic rings. The Morgan fingerprint density at radius 2 is 1.74 bits per heavy atom. The van der Waals surface area contributed by atoms with Crippen LogP contribution in [0.25, 0.3) is 0 Å². The summed E-state index contributed by atoms with van der Waals surface area (Å²) in [6.07, 6.45) is 6.80. The molecule has 3 nitrogen and oxygen atoms in total. The first kappa shape index (κ1) is 15.2. The monoisotopic (exact) mass is 320 g/mol. The van der Waals surface area contributed by atoms with Crippen molar-refractivity contribution < 1.29 is 14.6 Å². The Morgan fingerprint density at radius 3 is 2.43 bits per heavy atom. The molecular weight excluding hydrogens is 288 g/mol. The molecule has 0 radical (unpaired) electrons. The smallest absolute Gasteiger partial charge is 0.121 e. The molecule has 5 aliphatic rings. The van der Waals surface area contributed by atoms with Gasteiger partial charge in [-0.25, -0.2) is 0 Å². The predicted molar refractivity (Wildman–Crippen MR) is 88.1 cm³/mol.